The predicted molar refractivity (Wildman–Crippen MR) is 85.5 cm³/mol. The number of hydrogen-bond acceptors (Lipinski definition) is 3. The molecule has 0 spiro atoms. The van der Waals surface area contributed by atoms with Crippen molar-refractivity contribution in [1.29, 1.82) is 0 Å². The Morgan fingerprint density at radius 1 is 1.30 bits per heavy atom. The molecule has 20 heavy (non-hydrogen) atoms. The molecule has 2 N–H and O–H groups in total. The summed E-state index contributed by atoms with van der Waals surface area (Å²) in [7, 11) is 0. The Morgan fingerprint density at radius 3 is 2.50 bits per heavy atom. The van der Waals surface area contributed by atoms with E-state index in [1.807, 2.05) is 6.07 Å². The average Bonchev–Trinajstić information content (AvgIpc) is 2.37. The first-order valence-electron chi connectivity index (χ1n) is 7.31. The minimum atomic E-state index is -0.142. The molecule has 1 fully saturated rings. The number of benzene rings is 1. The van der Waals surface area contributed by atoms with Crippen LogP contribution in [0.4, 0.5) is 5.69 Å². The van der Waals surface area contributed by atoms with Gasteiger partial charge in [-0.15, -0.1) is 0 Å². The Bertz CT molecular complexity index is 448. The fourth-order valence-corrected chi connectivity index (χ4v) is 2.60. The molecule has 4 heteroatoms. The molecule has 0 aliphatic carbocycles. The summed E-state index contributed by atoms with van der Waals surface area (Å²) in [6, 6.07) is 6.27. The lowest BCUT2D eigenvalue weighted by molar-refractivity contribution is 0.145. The lowest BCUT2D eigenvalue weighted by Gasteiger charge is -2.31. The molecule has 0 unspecified atom stereocenters. The lowest BCUT2D eigenvalue weighted by Crippen LogP contribution is -2.36. The van der Waals surface area contributed by atoms with Crippen molar-refractivity contribution in [3.05, 3.63) is 28.8 Å². The molecular weight excluding hydrogens is 272 g/mol. The van der Waals surface area contributed by atoms with Gasteiger partial charge in [0, 0.05) is 35.9 Å². The Hall–Kier alpha value is -0.770. The molecule has 1 heterocycles. The zero-order valence-corrected chi connectivity index (χ0v) is 13.4. The summed E-state index contributed by atoms with van der Waals surface area (Å²) in [6.07, 6.45) is 1.53. The van der Waals surface area contributed by atoms with Crippen molar-refractivity contribution in [2.45, 2.75) is 51.8 Å². The fraction of sp³-hybridized carbons (Fsp3) is 0.625. The smallest absolute Gasteiger partial charge is 0.0574 e. The van der Waals surface area contributed by atoms with E-state index in [-0.39, 0.29) is 11.6 Å². The summed E-state index contributed by atoms with van der Waals surface area (Å²) in [5.41, 5.74) is 2.37. The minimum Gasteiger partial charge on any atom is -0.393 e. The molecule has 0 saturated carbocycles. The third kappa shape index (κ3) is 4.37. The SMILES string of the molecule is CC(C)(C)NCc1ccc(N2CCC(O)CC2)cc1Cl. The molecule has 1 aromatic rings. The van der Waals surface area contributed by atoms with E-state index in [1.165, 1.54) is 0 Å². The van der Waals surface area contributed by atoms with E-state index in [0.29, 0.717) is 0 Å². The van der Waals surface area contributed by atoms with Crippen molar-refractivity contribution >= 4 is 17.3 Å². The van der Waals surface area contributed by atoms with Crippen LogP contribution < -0.4 is 10.2 Å². The maximum Gasteiger partial charge on any atom is 0.0574 e. The van der Waals surface area contributed by atoms with Gasteiger partial charge in [0.1, 0.15) is 0 Å². The van der Waals surface area contributed by atoms with E-state index in [9.17, 15) is 5.11 Å². The standard InChI is InChI=1S/C16H25ClN2O/c1-16(2,3)18-11-12-4-5-13(10-15(12)17)19-8-6-14(20)7-9-19/h4-5,10,14,18,20H,6-9,11H2,1-3H3. The number of hydrogen-bond donors (Lipinski definition) is 2. The Morgan fingerprint density at radius 2 is 1.95 bits per heavy atom. The molecule has 0 atom stereocenters. The normalized spacial score (nSPS) is 17.6. The van der Waals surface area contributed by atoms with E-state index in [4.69, 9.17) is 11.6 Å². The number of halogens is 1. The molecule has 0 bridgehead atoms. The molecule has 0 aromatic heterocycles. The minimum absolute atomic E-state index is 0.0883. The Labute approximate surface area is 126 Å². The quantitative estimate of drug-likeness (QED) is 0.899. The molecule has 1 aromatic carbocycles. The molecule has 0 amide bonds. The summed E-state index contributed by atoms with van der Waals surface area (Å²) < 4.78 is 0. The molecule has 3 nitrogen and oxygen atoms in total. The van der Waals surface area contributed by atoms with Crippen LogP contribution in [0.15, 0.2) is 18.2 Å². The van der Waals surface area contributed by atoms with Gasteiger partial charge in [0.05, 0.1) is 6.10 Å². The first-order valence-corrected chi connectivity index (χ1v) is 7.69. The van der Waals surface area contributed by atoms with Gasteiger partial charge in [0.25, 0.3) is 0 Å². The monoisotopic (exact) mass is 296 g/mol. The van der Waals surface area contributed by atoms with Gasteiger partial charge in [-0.3, -0.25) is 0 Å². The van der Waals surface area contributed by atoms with Crippen molar-refractivity contribution in [2.75, 3.05) is 18.0 Å². The van der Waals surface area contributed by atoms with Crippen LogP contribution in [0.25, 0.3) is 0 Å². The van der Waals surface area contributed by atoms with Crippen LogP contribution in [-0.2, 0) is 6.54 Å². The summed E-state index contributed by atoms with van der Waals surface area (Å²) in [5, 5.41) is 13.8. The predicted octanol–water partition coefficient (Wildman–Crippen LogP) is 3.19. The van der Waals surface area contributed by atoms with E-state index in [2.05, 4.69) is 43.1 Å². The fourth-order valence-electron chi connectivity index (χ4n) is 2.36. The van der Waals surface area contributed by atoms with Crippen LogP contribution in [0.1, 0.15) is 39.2 Å². The van der Waals surface area contributed by atoms with Crippen LogP contribution in [0.5, 0.6) is 0 Å². The van der Waals surface area contributed by atoms with Gasteiger partial charge >= 0.3 is 0 Å². The molecule has 2 rings (SSSR count). The summed E-state index contributed by atoms with van der Waals surface area (Å²) >= 11 is 6.39. The summed E-state index contributed by atoms with van der Waals surface area (Å²) in [5.74, 6) is 0. The van der Waals surface area contributed by atoms with Gasteiger partial charge in [0.2, 0.25) is 0 Å². The second-order valence-electron chi connectivity index (χ2n) is 6.60. The third-order valence-electron chi connectivity index (χ3n) is 3.68. The van der Waals surface area contributed by atoms with Crippen molar-refractivity contribution in [3.63, 3.8) is 0 Å². The number of aliphatic hydroxyl groups is 1. The molecule has 1 aliphatic heterocycles. The second-order valence-corrected chi connectivity index (χ2v) is 7.00. The summed E-state index contributed by atoms with van der Waals surface area (Å²) in [4.78, 5) is 2.29. The summed E-state index contributed by atoms with van der Waals surface area (Å²) in [6.45, 7) is 9.02. The van der Waals surface area contributed by atoms with Gasteiger partial charge in [0.15, 0.2) is 0 Å². The van der Waals surface area contributed by atoms with Crippen molar-refractivity contribution in [2.24, 2.45) is 0 Å². The highest BCUT2D eigenvalue weighted by Gasteiger charge is 2.18. The second kappa shape index (κ2) is 6.33. The van der Waals surface area contributed by atoms with Gasteiger partial charge in [-0.05, 0) is 51.3 Å². The zero-order chi connectivity index (χ0) is 14.8. The van der Waals surface area contributed by atoms with Crippen molar-refractivity contribution < 1.29 is 5.11 Å². The van der Waals surface area contributed by atoms with Crippen molar-refractivity contribution in [1.82, 2.24) is 5.32 Å². The van der Waals surface area contributed by atoms with Crippen LogP contribution in [0.3, 0.4) is 0 Å². The maximum atomic E-state index is 9.56. The average molecular weight is 297 g/mol. The van der Waals surface area contributed by atoms with Crippen LogP contribution in [-0.4, -0.2) is 29.8 Å². The largest absolute Gasteiger partial charge is 0.393 e. The van der Waals surface area contributed by atoms with E-state index >= 15 is 0 Å². The molecule has 1 aliphatic rings. The number of anilines is 1. The first kappa shape index (κ1) is 15.6. The van der Waals surface area contributed by atoms with Gasteiger partial charge in [-0.25, -0.2) is 0 Å². The van der Waals surface area contributed by atoms with Gasteiger partial charge in [-0.2, -0.15) is 0 Å². The number of rotatable bonds is 3. The van der Waals surface area contributed by atoms with Crippen molar-refractivity contribution in [3.8, 4) is 0 Å². The number of aliphatic hydroxyl groups excluding tert-OH is 1. The lowest BCUT2D eigenvalue weighted by atomic mass is 10.1. The molecule has 1 saturated heterocycles. The number of nitrogens with zero attached hydrogens (tertiary/aromatic N) is 1. The van der Waals surface area contributed by atoms with E-state index in [1.54, 1.807) is 0 Å². The number of piperidine rings is 1. The highest BCUT2D eigenvalue weighted by Crippen LogP contribution is 2.26. The molecule has 112 valence electrons. The topological polar surface area (TPSA) is 35.5 Å². The van der Waals surface area contributed by atoms with E-state index < -0.39 is 0 Å². The number of nitrogens with one attached hydrogen (secondary N) is 1. The van der Waals surface area contributed by atoms with Gasteiger partial charge < -0.3 is 15.3 Å². The van der Waals surface area contributed by atoms with Crippen LogP contribution in [0, 0.1) is 0 Å². The molecular formula is C16H25ClN2O. The highest BCUT2D eigenvalue weighted by molar-refractivity contribution is 6.31. The maximum absolute atomic E-state index is 9.56. The van der Waals surface area contributed by atoms with Gasteiger partial charge in [-0.1, -0.05) is 17.7 Å². The Balaban J connectivity index is 2.02. The Kier molecular flexibility index (Phi) is 4.95. The third-order valence-corrected chi connectivity index (χ3v) is 4.03. The highest BCUT2D eigenvalue weighted by atomic mass is 35.5. The van der Waals surface area contributed by atoms with Crippen LogP contribution in [0.2, 0.25) is 5.02 Å². The van der Waals surface area contributed by atoms with Crippen LogP contribution >= 0.6 is 11.6 Å². The first-order chi connectivity index (χ1) is 9.35. The zero-order valence-electron chi connectivity index (χ0n) is 12.6. The van der Waals surface area contributed by atoms with E-state index in [0.717, 1.165) is 48.7 Å². The molecule has 0 radical (unpaired) electrons.